The van der Waals surface area contributed by atoms with Crippen molar-refractivity contribution in [3.05, 3.63) is 41.8 Å². The summed E-state index contributed by atoms with van der Waals surface area (Å²) in [6, 6.07) is 5.73. The Kier molecular flexibility index (Phi) is 2.68. The first-order valence-corrected chi connectivity index (χ1v) is 4.58. The average Bonchev–Trinajstić information content (AvgIpc) is 2.65. The third-order valence-electron chi connectivity index (χ3n) is 2.07. The quantitative estimate of drug-likeness (QED) is 0.862. The van der Waals surface area contributed by atoms with E-state index in [1.165, 1.54) is 24.4 Å². The minimum Gasteiger partial charge on any atom is -0.481 e. The number of aromatic nitrogens is 1. The molecule has 0 amide bonds. The zero-order chi connectivity index (χ0) is 11.5. The van der Waals surface area contributed by atoms with Crippen LogP contribution in [0.3, 0.4) is 0 Å². The van der Waals surface area contributed by atoms with Crippen molar-refractivity contribution in [3.63, 3.8) is 0 Å². The molecule has 0 atom stereocenters. The van der Waals surface area contributed by atoms with E-state index in [1.807, 2.05) is 0 Å². The van der Waals surface area contributed by atoms with Crippen LogP contribution in [-0.4, -0.2) is 16.2 Å². The molecule has 0 fully saturated rings. The molecule has 0 spiro atoms. The van der Waals surface area contributed by atoms with Crippen LogP contribution in [0.5, 0.6) is 0 Å². The topological polar surface area (TPSA) is 63.3 Å². The lowest BCUT2D eigenvalue weighted by molar-refractivity contribution is -0.136. The molecule has 2 aromatic rings. The van der Waals surface area contributed by atoms with Gasteiger partial charge in [0, 0.05) is 11.1 Å². The first-order chi connectivity index (χ1) is 7.66. The fraction of sp³-hybridized carbons (Fsp3) is 0.0909. The van der Waals surface area contributed by atoms with Gasteiger partial charge >= 0.3 is 5.97 Å². The number of hydrogen-bond donors (Lipinski definition) is 1. The van der Waals surface area contributed by atoms with E-state index in [0.29, 0.717) is 16.9 Å². The lowest BCUT2D eigenvalue weighted by Gasteiger charge is -1.98. The van der Waals surface area contributed by atoms with Crippen molar-refractivity contribution in [1.29, 1.82) is 0 Å². The van der Waals surface area contributed by atoms with Gasteiger partial charge in [-0.1, -0.05) is 17.3 Å². The Morgan fingerprint density at radius 2 is 2.31 bits per heavy atom. The summed E-state index contributed by atoms with van der Waals surface area (Å²) in [5.74, 6) is -1.10. The Morgan fingerprint density at radius 1 is 1.50 bits per heavy atom. The highest BCUT2D eigenvalue weighted by molar-refractivity contribution is 5.74. The highest BCUT2D eigenvalue weighted by Gasteiger charge is 2.13. The van der Waals surface area contributed by atoms with Crippen LogP contribution in [0.15, 0.2) is 35.0 Å². The highest BCUT2D eigenvalue weighted by atomic mass is 19.1. The number of carbonyl (C=O) groups is 1. The summed E-state index contributed by atoms with van der Waals surface area (Å²) in [7, 11) is 0. The van der Waals surface area contributed by atoms with Gasteiger partial charge in [0.1, 0.15) is 5.82 Å². The van der Waals surface area contributed by atoms with Gasteiger partial charge in [0.25, 0.3) is 0 Å². The van der Waals surface area contributed by atoms with E-state index in [4.69, 9.17) is 9.63 Å². The van der Waals surface area contributed by atoms with Crippen LogP contribution < -0.4 is 0 Å². The fourth-order valence-electron chi connectivity index (χ4n) is 1.42. The average molecular weight is 221 g/mol. The van der Waals surface area contributed by atoms with Gasteiger partial charge in [-0.15, -0.1) is 0 Å². The van der Waals surface area contributed by atoms with Crippen LogP contribution in [0, 0.1) is 5.82 Å². The van der Waals surface area contributed by atoms with Crippen molar-refractivity contribution in [1.82, 2.24) is 5.16 Å². The van der Waals surface area contributed by atoms with Gasteiger partial charge in [-0.25, -0.2) is 4.39 Å². The van der Waals surface area contributed by atoms with Crippen molar-refractivity contribution >= 4 is 5.97 Å². The summed E-state index contributed by atoms with van der Waals surface area (Å²) < 4.78 is 17.9. The van der Waals surface area contributed by atoms with Crippen LogP contribution in [0.2, 0.25) is 0 Å². The molecule has 4 nitrogen and oxygen atoms in total. The molecule has 2 rings (SSSR count). The second-order valence-corrected chi connectivity index (χ2v) is 3.26. The van der Waals surface area contributed by atoms with E-state index in [0.717, 1.165) is 0 Å². The van der Waals surface area contributed by atoms with Gasteiger partial charge in [0.15, 0.2) is 5.76 Å². The Morgan fingerprint density at radius 3 is 3.00 bits per heavy atom. The normalized spacial score (nSPS) is 10.3. The monoisotopic (exact) mass is 221 g/mol. The predicted molar refractivity (Wildman–Crippen MR) is 53.2 cm³/mol. The van der Waals surface area contributed by atoms with Crippen molar-refractivity contribution in [3.8, 4) is 11.3 Å². The molecule has 0 aliphatic rings. The number of aliphatic carboxylic acids is 1. The summed E-state index contributed by atoms with van der Waals surface area (Å²) >= 11 is 0. The minimum atomic E-state index is -0.985. The SMILES string of the molecule is O=C(O)Cc1cnoc1-c1cccc(F)c1. The first-order valence-electron chi connectivity index (χ1n) is 4.58. The standard InChI is InChI=1S/C11H8FNO3/c12-9-3-1-2-7(4-9)11-8(5-10(14)15)6-13-16-11/h1-4,6H,5H2,(H,14,15). The molecule has 5 heteroatoms. The molecule has 1 N–H and O–H groups in total. The number of hydrogen-bond acceptors (Lipinski definition) is 3. The largest absolute Gasteiger partial charge is 0.481 e. The van der Waals surface area contributed by atoms with Crippen LogP contribution in [0.1, 0.15) is 5.56 Å². The molecule has 0 unspecified atom stereocenters. The maximum atomic E-state index is 13.0. The Balaban J connectivity index is 2.40. The summed E-state index contributed by atoms with van der Waals surface area (Å²) in [5, 5.41) is 12.2. The fourth-order valence-corrected chi connectivity index (χ4v) is 1.42. The summed E-state index contributed by atoms with van der Waals surface area (Å²) in [4.78, 5) is 10.6. The van der Waals surface area contributed by atoms with E-state index in [2.05, 4.69) is 5.16 Å². The molecular weight excluding hydrogens is 213 g/mol. The van der Waals surface area contributed by atoms with Gasteiger partial charge in [-0.05, 0) is 12.1 Å². The van der Waals surface area contributed by atoms with E-state index in [-0.39, 0.29) is 6.42 Å². The van der Waals surface area contributed by atoms with Gasteiger partial charge in [0.2, 0.25) is 0 Å². The van der Waals surface area contributed by atoms with Gasteiger partial charge in [-0.2, -0.15) is 0 Å². The van der Waals surface area contributed by atoms with Gasteiger partial charge in [0.05, 0.1) is 12.6 Å². The zero-order valence-corrected chi connectivity index (χ0v) is 8.18. The van der Waals surface area contributed by atoms with Crippen LogP contribution in [0.25, 0.3) is 11.3 Å². The predicted octanol–water partition coefficient (Wildman–Crippen LogP) is 2.11. The van der Waals surface area contributed by atoms with Crippen LogP contribution >= 0.6 is 0 Å². The van der Waals surface area contributed by atoms with Crippen molar-refractivity contribution < 1.29 is 18.8 Å². The maximum Gasteiger partial charge on any atom is 0.308 e. The Hall–Kier alpha value is -2.17. The van der Waals surface area contributed by atoms with Crippen molar-refractivity contribution in [2.45, 2.75) is 6.42 Å². The molecule has 16 heavy (non-hydrogen) atoms. The number of carboxylic acids is 1. The van der Waals surface area contributed by atoms with Crippen molar-refractivity contribution in [2.75, 3.05) is 0 Å². The second-order valence-electron chi connectivity index (χ2n) is 3.26. The molecule has 0 saturated heterocycles. The Labute approximate surface area is 90.3 Å². The molecule has 1 aromatic heterocycles. The smallest absolute Gasteiger partial charge is 0.308 e. The second kappa shape index (κ2) is 4.14. The molecule has 0 radical (unpaired) electrons. The molecule has 82 valence electrons. The van der Waals surface area contributed by atoms with E-state index >= 15 is 0 Å². The first kappa shape index (κ1) is 10.4. The molecule has 1 aromatic carbocycles. The van der Waals surface area contributed by atoms with E-state index in [1.54, 1.807) is 6.07 Å². The van der Waals surface area contributed by atoms with E-state index < -0.39 is 11.8 Å². The number of nitrogens with zero attached hydrogens (tertiary/aromatic N) is 1. The summed E-state index contributed by atoms with van der Waals surface area (Å²) in [6.07, 6.45) is 1.13. The number of halogens is 1. The Bertz CT molecular complexity index is 521. The van der Waals surface area contributed by atoms with Crippen LogP contribution in [-0.2, 0) is 11.2 Å². The number of benzene rings is 1. The maximum absolute atomic E-state index is 13.0. The lowest BCUT2D eigenvalue weighted by Crippen LogP contribution is -1.99. The highest BCUT2D eigenvalue weighted by Crippen LogP contribution is 2.24. The lowest BCUT2D eigenvalue weighted by atomic mass is 10.1. The number of carboxylic acid groups (broad SMARTS) is 1. The summed E-state index contributed by atoms with van der Waals surface area (Å²) in [6.45, 7) is 0. The molecule has 0 aliphatic heterocycles. The molecule has 0 aliphatic carbocycles. The molecule has 0 bridgehead atoms. The third-order valence-corrected chi connectivity index (χ3v) is 2.07. The van der Waals surface area contributed by atoms with E-state index in [9.17, 15) is 9.18 Å². The molecule has 1 heterocycles. The third kappa shape index (κ3) is 2.08. The van der Waals surface area contributed by atoms with Gasteiger partial charge in [-0.3, -0.25) is 4.79 Å². The minimum absolute atomic E-state index is 0.199. The zero-order valence-electron chi connectivity index (χ0n) is 8.18. The van der Waals surface area contributed by atoms with Crippen molar-refractivity contribution in [2.24, 2.45) is 0 Å². The molecule has 0 saturated carbocycles. The number of rotatable bonds is 3. The van der Waals surface area contributed by atoms with Gasteiger partial charge < -0.3 is 9.63 Å². The molecular formula is C11H8FNO3. The summed E-state index contributed by atoms with van der Waals surface area (Å²) in [5.41, 5.74) is 0.909. The van der Waals surface area contributed by atoms with Crippen LogP contribution in [0.4, 0.5) is 4.39 Å².